The van der Waals surface area contributed by atoms with Crippen LogP contribution in [0.1, 0.15) is 32.8 Å². The van der Waals surface area contributed by atoms with Crippen molar-refractivity contribution in [3.8, 4) is 5.75 Å². The number of carbonyl (C=O) groups excluding carboxylic acids is 4. The van der Waals surface area contributed by atoms with Crippen LogP contribution in [0.25, 0.3) is 16.7 Å². The summed E-state index contributed by atoms with van der Waals surface area (Å²) in [5.74, 6) is 1.07. The number of nitrogens with zero attached hydrogens (tertiary/aromatic N) is 3. The van der Waals surface area contributed by atoms with Gasteiger partial charge in [0, 0.05) is 44.4 Å². The van der Waals surface area contributed by atoms with E-state index >= 15 is 0 Å². The number of piperazine rings is 1. The second-order valence-electron chi connectivity index (χ2n) is 8.31. The summed E-state index contributed by atoms with van der Waals surface area (Å²) in [7, 11) is 1.45. The van der Waals surface area contributed by atoms with Crippen molar-refractivity contribution < 1.29 is 28.7 Å². The first kappa shape index (κ1) is 23.1. The highest BCUT2D eigenvalue weighted by Gasteiger charge is 2.32. The van der Waals surface area contributed by atoms with Gasteiger partial charge in [-0.3, -0.25) is 14.4 Å². The smallest absolute Gasteiger partial charge is 0.295 e. The van der Waals surface area contributed by atoms with Crippen LogP contribution in [0, 0.1) is 0 Å². The van der Waals surface area contributed by atoms with Crippen molar-refractivity contribution in [2.45, 2.75) is 6.42 Å². The number of carbonyl (C=O) groups is 3. The standard InChI is InChI=1S/C26H22N4O6/c1-35-20-14-28-22(19-8-7-17(15-31)36-19)23-21(20)18(13-27-23)24(32)26(34)30-11-9-29(10-12-30)25(33)16-5-3-2-4-6-16/h2-6,8,13-14,27H,7,9-12H2,1H3. The summed E-state index contributed by atoms with van der Waals surface area (Å²) >= 11 is 0. The van der Waals surface area contributed by atoms with Crippen LogP contribution < -0.4 is 4.74 Å². The van der Waals surface area contributed by atoms with Crippen molar-refractivity contribution in [1.29, 1.82) is 0 Å². The SMILES string of the molecule is COc1cnc(C2=CCC(=C=O)O2)c2[nH]cc(C(=O)C(=O)N3CCN(C(=O)c4ccccc4)CC3)c12. The number of ether oxygens (including phenoxy) is 2. The summed E-state index contributed by atoms with van der Waals surface area (Å²) in [6.45, 7) is 1.15. The van der Waals surface area contributed by atoms with E-state index in [1.807, 2.05) is 6.07 Å². The molecule has 0 saturated carbocycles. The predicted molar refractivity (Wildman–Crippen MR) is 129 cm³/mol. The maximum Gasteiger partial charge on any atom is 0.295 e. The van der Waals surface area contributed by atoms with Crippen molar-refractivity contribution in [3.05, 3.63) is 71.4 Å². The topological polar surface area (TPSA) is 122 Å². The van der Waals surface area contributed by atoms with Crippen LogP contribution in [0.2, 0.25) is 0 Å². The molecule has 1 fully saturated rings. The Morgan fingerprint density at radius 3 is 2.47 bits per heavy atom. The molecular formula is C26H22N4O6. The van der Waals surface area contributed by atoms with Crippen molar-refractivity contribution in [3.63, 3.8) is 0 Å². The van der Waals surface area contributed by atoms with Crippen molar-refractivity contribution in [1.82, 2.24) is 19.8 Å². The van der Waals surface area contributed by atoms with E-state index in [1.165, 1.54) is 24.4 Å². The molecule has 0 aliphatic carbocycles. The first-order valence-corrected chi connectivity index (χ1v) is 11.4. The Bertz CT molecular complexity index is 1440. The molecule has 0 unspecified atom stereocenters. The highest BCUT2D eigenvalue weighted by molar-refractivity contribution is 6.45. The number of rotatable bonds is 5. The second-order valence-corrected chi connectivity index (χ2v) is 8.31. The number of benzene rings is 1. The molecular weight excluding hydrogens is 464 g/mol. The summed E-state index contributed by atoms with van der Waals surface area (Å²) in [6, 6.07) is 8.94. The molecule has 2 amide bonds. The van der Waals surface area contributed by atoms with Gasteiger partial charge in [0.2, 0.25) is 0 Å². The Labute approximate surface area is 205 Å². The van der Waals surface area contributed by atoms with Crippen LogP contribution >= 0.6 is 0 Å². The van der Waals surface area contributed by atoms with Crippen molar-refractivity contribution in [2.24, 2.45) is 0 Å². The Balaban J connectivity index is 1.36. The van der Waals surface area contributed by atoms with Gasteiger partial charge >= 0.3 is 0 Å². The molecule has 0 radical (unpaired) electrons. The van der Waals surface area contributed by atoms with Gasteiger partial charge in [-0.15, -0.1) is 0 Å². The van der Waals surface area contributed by atoms with Gasteiger partial charge in [0.25, 0.3) is 17.6 Å². The maximum absolute atomic E-state index is 13.3. The van der Waals surface area contributed by atoms with E-state index in [2.05, 4.69) is 9.97 Å². The summed E-state index contributed by atoms with van der Waals surface area (Å²) in [4.78, 5) is 60.5. The molecule has 4 heterocycles. The molecule has 10 heteroatoms. The molecule has 1 saturated heterocycles. The minimum absolute atomic E-state index is 0.105. The van der Waals surface area contributed by atoms with Gasteiger partial charge in [0.05, 0.1) is 29.8 Å². The molecule has 182 valence electrons. The number of hydrogen-bond donors (Lipinski definition) is 1. The number of ketones is 1. The highest BCUT2D eigenvalue weighted by Crippen LogP contribution is 2.36. The van der Waals surface area contributed by atoms with Crippen LogP contribution in [-0.4, -0.2) is 76.6 Å². The normalized spacial score (nSPS) is 15.4. The monoisotopic (exact) mass is 486 g/mol. The van der Waals surface area contributed by atoms with E-state index in [1.54, 1.807) is 41.2 Å². The Morgan fingerprint density at radius 1 is 1.08 bits per heavy atom. The Kier molecular flexibility index (Phi) is 6.10. The fourth-order valence-corrected chi connectivity index (χ4v) is 4.38. The van der Waals surface area contributed by atoms with Crippen LogP contribution in [0.4, 0.5) is 0 Å². The number of aromatic amines is 1. The number of nitrogens with one attached hydrogen (secondary N) is 1. The van der Waals surface area contributed by atoms with Gasteiger partial charge in [0.1, 0.15) is 11.4 Å². The number of Topliss-reactive ketones (excluding diaryl/α,β-unsaturated/α-hetero) is 1. The first-order chi connectivity index (χ1) is 17.5. The lowest BCUT2D eigenvalue weighted by atomic mass is 10.1. The van der Waals surface area contributed by atoms with E-state index in [0.29, 0.717) is 46.8 Å². The number of amides is 2. The van der Waals surface area contributed by atoms with Gasteiger partial charge in [0.15, 0.2) is 17.5 Å². The van der Waals surface area contributed by atoms with Crippen molar-refractivity contribution >= 4 is 40.2 Å². The van der Waals surface area contributed by atoms with Crippen LogP contribution in [0.3, 0.4) is 0 Å². The van der Waals surface area contributed by atoms with Gasteiger partial charge in [-0.2, -0.15) is 0 Å². The number of methoxy groups -OCH3 is 1. The third-order valence-corrected chi connectivity index (χ3v) is 6.26. The molecule has 0 atom stereocenters. The Hall–Kier alpha value is -4.69. The summed E-state index contributed by atoms with van der Waals surface area (Å²) in [5.41, 5.74) is 1.56. The van der Waals surface area contributed by atoms with E-state index in [0.717, 1.165) is 0 Å². The van der Waals surface area contributed by atoms with Crippen LogP contribution in [-0.2, 0) is 14.3 Å². The number of hydrogen-bond acceptors (Lipinski definition) is 7. The minimum Gasteiger partial charge on any atom is -0.494 e. The third kappa shape index (κ3) is 4.03. The van der Waals surface area contributed by atoms with E-state index < -0.39 is 11.7 Å². The zero-order valence-electron chi connectivity index (χ0n) is 19.4. The Morgan fingerprint density at radius 2 is 1.81 bits per heavy atom. The average Bonchev–Trinajstić information content (AvgIpc) is 3.60. The molecule has 2 aliphatic rings. The lowest BCUT2D eigenvalue weighted by Gasteiger charge is -2.34. The molecule has 2 aromatic heterocycles. The first-order valence-electron chi connectivity index (χ1n) is 11.4. The maximum atomic E-state index is 13.3. The van der Waals surface area contributed by atoms with E-state index in [4.69, 9.17) is 9.47 Å². The molecule has 0 spiro atoms. The molecule has 3 aromatic rings. The number of fused-ring (bicyclic) bond motifs is 1. The molecule has 10 nitrogen and oxygen atoms in total. The fraction of sp³-hybridized carbons (Fsp3) is 0.231. The minimum atomic E-state index is -0.700. The van der Waals surface area contributed by atoms with Crippen LogP contribution in [0.5, 0.6) is 5.75 Å². The number of allylic oxidation sites excluding steroid dienone is 1. The number of H-pyrrole nitrogens is 1. The molecule has 2 aliphatic heterocycles. The fourth-order valence-electron chi connectivity index (χ4n) is 4.38. The zero-order valence-corrected chi connectivity index (χ0v) is 19.4. The highest BCUT2D eigenvalue weighted by atomic mass is 16.5. The molecule has 5 rings (SSSR count). The van der Waals surface area contributed by atoms with E-state index in [9.17, 15) is 19.2 Å². The quantitative estimate of drug-likeness (QED) is 0.333. The lowest BCUT2D eigenvalue weighted by molar-refractivity contribution is -0.127. The molecule has 36 heavy (non-hydrogen) atoms. The predicted octanol–water partition coefficient (Wildman–Crippen LogP) is 2.22. The zero-order chi connectivity index (χ0) is 25.2. The van der Waals surface area contributed by atoms with Gasteiger partial charge in [-0.1, -0.05) is 18.2 Å². The second kappa shape index (κ2) is 9.52. The van der Waals surface area contributed by atoms with Gasteiger partial charge in [-0.05, 0) is 18.2 Å². The van der Waals surface area contributed by atoms with Gasteiger partial charge < -0.3 is 24.3 Å². The van der Waals surface area contributed by atoms with Gasteiger partial charge in [-0.25, -0.2) is 9.78 Å². The summed E-state index contributed by atoms with van der Waals surface area (Å²) in [5, 5.41) is 0.395. The number of pyridine rings is 1. The van der Waals surface area contributed by atoms with E-state index in [-0.39, 0.29) is 36.7 Å². The third-order valence-electron chi connectivity index (χ3n) is 6.26. The molecule has 1 N–H and O–H groups in total. The molecule has 0 bridgehead atoms. The summed E-state index contributed by atoms with van der Waals surface area (Å²) in [6.07, 6.45) is 4.86. The largest absolute Gasteiger partial charge is 0.494 e. The van der Waals surface area contributed by atoms with Crippen LogP contribution in [0.15, 0.2) is 54.6 Å². The number of aromatic nitrogens is 2. The average molecular weight is 486 g/mol. The molecule has 1 aromatic carbocycles. The summed E-state index contributed by atoms with van der Waals surface area (Å²) < 4.78 is 10.9. The van der Waals surface area contributed by atoms with Crippen molar-refractivity contribution in [2.75, 3.05) is 33.3 Å². The lowest BCUT2D eigenvalue weighted by Crippen LogP contribution is -2.52.